The van der Waals surface area contributed by atoms with Crippen LogP contribution < -0.4 is 21.9 Å². The Hall–Kier alpha value is -4.53. The number of hydrogen-bond donors (Lipinski definition) is 3. The van der Waals surface area contributed by atoms with Crippen LogP contribution in [0.3, 0.4) is 0 Å². The molecule has 206 valence electrons. The highest BCUT2D eigenvalue weighted by atomic mass is 16.2. The number of hydrogen-bond acceptors (Lipinski definition) is 7. The number of anilines is 2. The van der Waals surface area contributed by atoms with E-state index in [0.717, 1.165) is 39.3 Å². The average Bonchev–Trinajstić information content (AvgIpc) is 3.38. The Labute approximate surface area is 233 Å². The van der Waals surface area contributed by atoms with Gasteiger partial charge in [0.15, 0.2) is 5.82 Å². The molecule has 4 N–H and O–H groups in total. The molecule has 0 aliphatic carbocycles. The Morgan fingerprint density at radius 3 is 2.52 bits per heavy atom. The normalized spacial score (nSPS) is 14.9. The summed E-state index contributed by atoms with van der Waals surface area (Å²) in [5.74, 6) is 0.425. The minimum Gasteiger partial charge on any atom is -0.383 e. The molecular weight excluding hydrogens is 502 g/mol. The minimum absolute atomic E-state index is 0.0834. The Kier molecular flexibility index (Phi) is 7.64. The van der Waals surface area contributed by atoms with Gasteiger partial charge in [-0.3, -0.25) is 19.1 Å². The Balaban J connectivity index is 1.35. The third kappa shape index (κ3) is 5.59. The fourth-order valence-electron chi connectivity index (χ4n) is 5.15. The van der Waals surface area contributed by atoms with E-state index in [4.69, 9.17) is 5.73 Å². The molecule has 5 rings (SSSR count). The highest BCUT2D eigenvalue weighted by Gasteiger charge is 2.31. The van der Waals surface area contributed by atoms with Crippen LogP contribution in [-0.2, 0) is 17.8 Å². The zero-order valence-electron chi connectivity index (χ0n) is 23.4. The van der Waals surface area contributed by atoms with Crippen molar-refractivity contribution in [2.75, 3.05) is 17.6 Å². The molecule has 0 radical (unpaired) electrons. The number of carbonyl (C=O) groups excluding carboxylic acids is 1. The van der Waals surface area contributed by atoms with Crippen molar-refractivity contribution >= 4 is 17.5 Å². The molecule has 9 heteroatoms. The van der Waals surface area contributed by atoms with Crippen LogP contribution in [0.15, 0.2) is 59.7 Å². The Bertz CT molecular complexity index is 1550. The van der Waals surface area contributed by atoms with Crippen LogP contribution in [0.1, 0.15) is 63.3 Å². The summed E-state index contributed by atoms with van der Waals surface area (Å²) >= 11 is 0. The molecule has 0 bridgehead atoms. The number of fused-ring (bicyclic) bond motifs is 1. The van der Waals surface area contributed by atoms with Gasteiger partial charge in [0.05, 0.1) is 0 Å². The molecule has 0 unspecified atom stereocenters. The van der Waals surface area contributed by atoms with Gasteiger partial charge in [-0.15, -0.1) is 0 Å². The van der Waals surface area contributed by atoms with Crippen molar-refractivity contribution in [2.24, 2.45) is 0 Å². The molecule has 1 aromatic carbocycles. The van der Waals surface area contributed by atoms with Gasteiger partial charge in [-0.1, -0.05) is 35.9 Å². The van der Waals surface area contributed by atoms with E-state index in [-0.39, 0.29) is 23.2 Å². The summed E-state index contributed by atoms with van der Waals surface area (Å²) in [5.41, 5.74) is 13.2. The van der Waals surface area contributed by atoms with Crippen molar-refractivity contribution in [2.45, 2.75) is 59.0 Å². The van der Waals surface area contributed by atoms with E-state index >= 15 is 0 Å². The highest BCUT2D eigenvalue weighted by Crippen LogP contribution is 2.26. The van der Waals surface area contributed by atoms with Gasteiger partial charge in [-0.2, -0.15) is 0 Å². The maximum Gasteiger partial charge on any atom is 0.294 e. The van der Waals surface area contributed by atoms with E-state index in [1.165, 1.54) is 5.56 Å². The summed E-state index contributed by atoms with van der Waals surface area (Å²) in [7, 11) is 0. The zero-order valence-corrected chi connectivity index (χ0v) is 23.4. The summed E-state index contributed by atoms with van der Waals surface area (Å²) in [4.78, 5) is 40.3. The molecule has 9 nitrogen and oxygen atoms in total. The number of aromatic nitrogens is 4. The fraction of sp³-hybridized carbons (Fsp3) is 0.323. The lowest BCUT2D eigenvalue weighted by molar-refractivity contribution is -0.124. The lowest BCUT2D eigenvalue weighted by atomic mass is 9.94. The average molecular weight is 538 g/mol. The third-order valence-electron chi connectivity index (χ3n) is 7.61. The second-order valence-electron chi connectivity index (χ2n) is 10.6. The summed E-state index contributed by atoms with van der Waals surface area (Å²) in [5, 5.41) is 6.26. The zero-order chi connectivity index (χ0) is 28.4. The van der Waals surface area contributed by atoms with E-state index < -0.39 is 6.04 Å². The first-order chi connectivity index (χ1) is 19.2. The van der Waals surface area contributed by atoms with Crippen molar-refractivity contribution < 1.29 is 4.79 Å². The van der Waals surface area contributed by atoms with Crippen LogP contribution in [0, 0.1) is 27.7 Å². The molecule has 0 fully saturated rings. The molecular formula is C31H35N7O2. The summed E-state index contributed by atoms with van der Waals surface area (Å²) in [6.07, 6.45) is 4.70. The van der Waals surface area contributed by atoms with Crippen LogP contribution in [0.25, 0.3) is 0 Å². The molecule has 40 heavy (non-hydrogen) atoms. The second-order valence-corrected chi connectivity index (χ2v) is 10.6. The molecule has 1 aliphatic rings. The first-order valence-electron chi connectivity index (χ1n) is 13.5. The number of nitrogens with two attached hydrogens (primary N) is 1. The number of amides is 1. The molecule has 0 saturated carbocycles. The van der Waals surface area contributed by atoms with E-state index in [0.29, 0.717) is 31.7 Å². The lowest BCUT2D eigenvalue weighted by Crippen LogP contribution is -2.36. The molecule has 1 aliphatic heterocycles. The van der Waals surface area contributed by atoms with Gasteiger partial charge < -0.3 is 16.4 Å². The van der Waals surface area contributed by atoms with Crippen LogP contribution in [0.2, 0.25) is 0 Å². The highest BCUT2D eigenvalue weighted by molar-refractivity contribution is 5.81. The fourth-order valence-corrected chi connectivity index (χ4v) is 5.15. The van der Waals surface area contributed by atoms with Crippen molar-refractivity contribution in [3.05, 3.63) is 110 Å². The summed E-state index contributed by atoms with van der Waals surface area (Å²) < 4.78 is 1.58. The first-order valence-corrected chi connectivity index (χ1v) is 13.5. The van der Waals surface area contributed by atoms with Crippen molar-refractivity contribution in [3.8, 4) is 0 Å². The van der Waals surface area contributed by atoms with Crippen molar-refractivity contribution in [3.63, 3.8) is 0 Å². The molecule has 0 saturated heterocycles. The van der Waals surface area contributed by atoms with Gasteiger partial charge in [0.25, 0.3) is 5.56 Å². The van der Waals surface area contributed by atoms with Gasteiger partial charge >= 0.3 is 0 Å². The Morgan fingerprint density at radius 1 is 1.05 bits per heavy atom. The largest absolute Gasteiger partial charge is 0.383 e. The number of carbonyl (C=O) groups is 1. The standard InChI is InChI=1S/C31H35N7O2/c1-18-5-8-22(9-6-18)25(26-11-7-19(2)14-33-26)17-35-29-31(40)38-24(16-34-29)10-12-27(38)30(39)36-15-23-13-20(3)28(32)37-21(23)4/h5-9,11,13-14,16,25,27H,10,12,15,17H2,1-4H3,(H2,32,37)(H,34,35)(H,36,39)/t25-,27+/m1/s1. The topological polar surface area (TPSA) is 128 Å². The van der Waals surface area contributed by atoms with E-state index in [1.807, 2.05) is 45.2 Å². The van der Waals surface area contributed by atoms with Crippen LogP contribution in [-0.4, -0.2) is 32.0 Å². The predicted molar refractivity (Wildman–Crippen MR) is 156 cm³/mol. The van der Waals surface area contributed by atoms with Crippen molar-refractivity contribution in [1.29, 1.82) is 0 Å². The quantitative estimate of drug-likeness (QED) is 0.311. The molecule has 0 spiro atoms. The van der Waals surface area contributed by atoms with Crippen LogP contribution >= 0.6 is 0 Å². The van der Waals surface area contributed by atoms with Gasteiger partial charge in [0, 0.05) is 48.5 Å². The number of nitrogen functional groups attached to an aromatic ring is 1. The molecule has 4 aromatic rings. The summed E-state index contributed by atoms with van der Waals surface area (Å²) in [6.45, 7) is 8.56. The number of benzene rings is 1. The SMILES string of the molecule is Cc1ccc([C@@H](CNc2ncc3n(c2=O)[C@H](C(=O)NCc2cc(C)c(N)nc2C)CC3)c2ccc(C)cn2)cc1. The molecule has 2 atom stereocenters. The number of aryl methyl sites for hydroxylation is 5. The number of pyridine rings is 2. The van der Waals surface area contributed by atoms with Gasteiger partial charge in [-0.25, -0.2) is 9.97 Å². The smallest absolute Gasteiger partial charge is 0.294 e. The van der Waals surface area contributed by atoms with E-state index in [2.05, 4.69) is 56.8 Å². The van der Waals surface area contributed by atoms with Crippen LogP contribution in [0.5, 0.6) is 0 Å². The molecule has 4 heterocycles. The number of rotatable bonds is 8. The van der Waals surface area contributed by atoms with Gasteiger partial charge in [-0.05, 0) is 74.9 Å². The maximum absolute atomic E-state index is 13.6. The first kappa shape index (κ1) is 27.1. The molecule has 1 amide bonds. The third-order valence-corrected chi connectivity index (χ3v) is 7.61. The van der Waals surface area contributed by atoms with Crippen molar-refractivity contribution in [1.82, 2.24) is 24.8 Å². The predicted octanol–water partition coefficient (Wildman–Crippen LogP) is 3.90. The number of nitrogens with zero attached hydrogens (tertiary/aromatic N) is 4. The van der Waals surface area contributed by atoms with Gasteiger partial charge in [0.1, 0.15) is 11.9 Å². The van der Waals surface area contributed by atoms with E-state index in [1.54, 1.807) is 10.8 Å². The lowest BCUT2D eigenvalue weighted by Gasteiger charge is -2.20. The monoisotopic (exact) mass is 537 g/mol. The van der Waals surface area contributed by atoms with Gasteiger partial charge in [0.2, 0.25) is 5.91 Å². The van der Waals surface area contributed by atoms with E-state index in [9.17, 15) is 9.59 Å². The minimum atomic E-state index is -0.596. The summed E-state index contributed by atoms with van der Waals surface area (Å²) in [6, 6.07) is 13.7. The Morgan fingerprint density at radius 2 is 1.80 bits per heavy atom. The number of nitrogens with one attached hydrogen (secondary N) is 2. The maximum atomic E-state index is 13.6. The van der Waals surface area contributed by atoms with Crippen LogP contribution in [0.4, 0.5) is 11.6 Å². The second kappa shape index (κ2) is 11.3. The molecule has 3 aromatic heterocycles.